The van der Waals surface area contributed by atoms with Crippen LogP contribution in [0.2, 0.25) is 0 Å². The predicted molar refractivity (Wildman–Crippen MR) is 128 cm³/mol. The zero-order chi connectivity index (χ0) is 25.3. The number of hydrogen-bond acceptors (Lipinski definition) is 5. The molecule has 2 heterocycles. The van der Waals surface area contributed by atoms with Crippen LogP contribution < -0.4 is 20.4 Å². The smallest absolute Gasteiger partial charge is 0.334 e. The van der Waals surface area contributed by atoms with Crippen LogP contribution in [0.15, 0.2) is 36.5 Å². The van der Waals surface area contributed by atoms with Crippen molar-refractivity contribution in [2.45, 2.75) is 13.8 Å². The summed E-state index contributed by atoms with van der Waals surface area (Å²) in [6.07, 6.45) is 0.982. The van der Waals surface area contributed by atoms with E-state index in [0.717, 1.165) is 23.2 Å². The minimum absolute atomic E-state index is 0.0600. The highest BCUT2D eigenvalue weighted by atomic mass is 19.1. The fourth-order valence-corrected chi connectivity index (χ4v) is 4.22. The number of halogens is 3. The summed E-state index contributed by atoms with van der Waals surface area (Å²) < 4.78 is 45.2. The van der Waals surface area contributed by atoms with E-state index in [1.54, 1.807) is 27.0 Å². The first-order valence-electron chi connectivity index (χ1n) is 11.0. The van der Waals surface area contributed by atoms with Gasteiger partial charge in [-0.2, -0.15) is 5.26 Å². The number of nitrogens with one attached hydrogen (secondary N) is 2. The van der Waals surface area contributed by atoms with E-state index in [-0.39, 0.29) is 34.9 Å². The van der Waals surface area contributed by atoms with E-state index in [2.05, 4.69) is 15.6 Å². The third-order valence-corrected chi connectivity index (χ3v) is 5.73. The number of nitrogens with zero attached hydrogens (tertiary/aromatic N) is 4. The Morgan fingerprint density at radius 3 is 2.43 bits per heavy atom. The number of pyridine rings is 1. The maximum absolute atomic E-state index is 15.5. The van der Waals surface area contributed by atoms with Crippen molar-refractivity contribution in [1.82, 2.24) is 10.3 Å². The third kappa shape index (κ3) is 4.26. The molecule has 7 nitrogen and oxygen atoms in total. The highest BCUT2D eigenvalue weighted by Crippen LogP contribution is 2.46. The average Bonchev–Trinajstić information content (AvgIpc) is 2.91. The number of carbonyl (C=O) groups excluding carboxylic acids is 1. The predicted octanol–water partition coefficient (Wildman–Crippen LogP) is 5.08. The first-order chi connectivity index (χ1) is 16.8. The summed E-state index contributed by atoms with van der Waals surface area (Å²) in [5, 5.41) is 15.4. The van der Waals surface area contributed by atoms with Crippen LogP contribution in [0.4, 0.5) is 40.8 Å². The zero-order valence-electron chi connectivity index (χ0n) is 19.4. The Morgan fingerprint density at radius 1 is 1.09 bits per heavy atom. The lowest BCUT2D eigenvalue weighted by atomic mass is 9.96. The van der Waals surface area contributed by atoms with Crippen LogP contribution in [0.5, 0.6) is 0 Å². The lowest BCUT2D eigenvalue weighted by molar-refractivity contribution is 0.253. The second kappa shape index (κ2) is 9.64. The number of aryl methyl sites for hydroxylation is 1. The summed E-state index contributed by atoms with van der Waals surface area (Å²) >= 11 is 0. The fraction of sp³-hybridized carbons (Fsp3) is 0.240. The normalized spacial score (nSPS) is 12.7. The van der Waals surface area contributed by atoms with Gasteiger partial charge in [-0.1, -0.05) is 0 Å². The quantitative estimate of drug-likeness (QED) is 0.481. The molecule has 0 aliphatic carbocycles. The number of fused-ring (bicyclic) bond motifs is 3. The molecule has 0 saturated heterocycles. The number of aromatic nitrogens is 1. The molecule has 35 heavy (non-hydrogen) atoms. The van der Waals surface area contributed by atoms with E-state index >= 15 is 8.78 Å². The second-order valence-electron chi connectivity index (χ2n) is 8.00. The van der Waals surface area contributed by atoms with E-state index in [9.17, 15) is 14.4 Å². The van der Waals surface area contributed by atoms with Gasteiger partial charge in [-0.25, -0.2) is 22.9 Å². The molecule has 2 amide bonds. The minimum atomic E-state index is -0.975. The second-order valence-corrected chi connectivity index (χ2v) is 8.00. The highest BCUT2D eigenvalue weighted by molar-refractivity contribution is 6.15. The molecule has 2 N–H and O–H groups in total. The molecular formula is C25H23F3N6O. The Balaban J connectivity index is 2.00. The minimum Gasteiger partial charge on any atom is -0.384 e. The Kier molecular flexibility index (Phi) is 6.62. The van der Waals surface area contributed by atoms with Crippen LogP contribution in [0.1, 0.15) is 18.1 Å². The number of anilines is 4. The number of hydrogen-bond donors (Lipinski definition) is 2. The Morgan fingerprint density at radius 2 is 1.80 bits per heavy atom. The van der Waals surface area contributed by atoms with Crippen molar-refractivity contribution < 1.29 is 18.0 Å². The molecule has 0 fully saturated rings. The largest absolute Gasteiger partial charge is 0.384 e. The van der Waals surface area contributed by atoms with Crippen molar-refractivity contribution in [2.24, 2.45) is 0 Å². The highest BCUT2D eigenvalue weighted by Gasteiger charge is 2.37. The first kappa shape index (κ1) is 24.0. The standard InChI is InChI=1S/C25H23F3N6O/c1-4-33-24-18(9-16(26)13-32-24)22-14(2)7-15(12-29)8-21(22)34(25(33)35)23-19(27)10-17(11-20(23)28)31-6-5-30-3/h7-11,13,30-31H,4-6H2,1-3H3. The van der Waals surface area contributed by atoms with Gasteiger partial charge in [0.1, 0.15) is 17.3 Å². The summed E-state index contributed by atoms with van der Waals surface area (Å²) in [7, 11) is 1.75. The van der Waals surface area contributed by atoms with Crippen LogP contribution in [-0.4, -0.2) is 37.7 Å². The van der Waals surface area contributed by atoms with Crippen molar-refractivity contribution >= 4 is 28.9 Å². The van der Waals surface area contributed by atoms with E-state index in [1.165, 1.54) is 17.0 Å². The molecule has 2 aromatic carbocycles. The number of carbonyl (C=O) groups is 1. The summed E-state index contributed by atoms with van der Waals surface area (Å²) in [5.41, 5.74) is 1.01. The van der Waals surface area contributed by atoms with E-state index in [1.807, 2.05) is 6.07 Å². The van der Waals surface area contributed by atoms with Crippen LogP contribution in [0.25, 0.3) is 11.1 Å². The molecule has 1 aromatic heterocycles. The molecule has 0 spiro atoms. The van der Waals surface area contributed by atoms with E-state index < -0.39 is 29.2 Å². The molecule has 0 atom stereocenters. The number of rotatable bonds is 6. The van der Waals surface area contributed by atoms with Gasteiger partial charge in [-0.15, -0.1) is 0 Å². The van der Waals surface area contributed by atoms with Gasteiger partial charge in [0.2, 0.25) is 0 Å². The van der Waals surface area contributed by atoms with Gasteiger partial charge >= 0.3 is 6.03 Å². The Hall–Kier alpha value is -4.10. The van der Waals surface area contributed by atoms with E-state index in [0.29, 0.717) is 24.2 Å². The number of amides is 2. The van der Waals surface area contributed by atoms with Crippen molar-refractivity contribution in [3.05, 3.63) is 65.1 Å². The Bertz CT molecular complexity index is 1330. The lowest BCUT2D eigenvalue weighted by Gasteiger charge is -2.28. The molecule has 180 valence electrons. The first-order valence-corrected chi connectivity index (χ1v) is 11.0. The van der Waals surface area contributed by atoms with Crippen molar-refractivity contribution in [2.75, 3.05) is 41.8 Å². The molecule has 0 unspecified atom stereocenters. The number of benzene rings is 2. The maximum atomic E-state index is 15.5. The van der Waals surface area contributed by atoms with Gasteiger partial charge in [0.15, 0.2) is 11.6 Å². The number of likely N-dealkylation sites (N-methyl/N-ethyl adjacent to an activating group) is 1. The van der Waals surface area contributed by atoms with Gasteiger partial charge in [0.25, 0.3) is 0 Å². The van der Waals surface area contributed by atoms with Crippen molar-refractivity contribution in [3.63, 3.8) is 0 Å². The van der Waals surface area contributed by atoms with Gasteiger partial charge in [0.05, 0.1) is 23.5 Å². The summed E-state index contributed by atoms with van der Waals surface area (Å²) in [6, 6.07) is 7.60. The molecular weight excluding hydrogens is 457 g/mol. The molecule has 4 rings (SSSR count). The van der Waals surface area contributed by atoms with Gasteiger partial charge < -0.3 is 10.6 Å². The van der Waals surface area contributed by atoms with Gasteiger partial charge in [0, 0.05) is 36.4 Å². The van der Waals surface area contributed by atoms with Crippen LogP contribution in [0.3, 0.4) is 0 Å². The molecule has 10 heteroatoms. The molecule has 1 aliphatic rings. The van der Waals surface area contributed by atoms with Crippen LogP contribution in [0, 0.1) is 35.7 Å². The molecule has 3 aromatic rings. The molecule has 0 saturated carbocycles. The summed E-state index contributed by atoms with van der Waals surface area (Å²) in [5.74, 6) is -2.43. The zero-order valence-corrected chi connectivity index (χ0v) is 19.4. The Labute approximate surface area is 200 Å². The third-order valence-electron chi connectivity index (χ3n) is 5.73. The van der Waals surface area contributed by atoms with E-state index in [4.69, 9.17) is 0 Å². The van der Waals surface area contributed by atoms with Crippen LogP contribution in [-0.2, 0) is 0 Å². The molecule has 1 aliphatic heterocycles. The fourth-order valence-electron chi connectivity index (χ4n) is 4.22. The van der Waals surface area contributed by atoms with Crippen molar-refractivity contribution in [1.29, 1.82) is 5.26 Å². The van der Waals surface area contributed by atoms with Crippen LogP contribution >= 0.6 is 0 Å². The number of urea groups is 1. The number of nitriles is 1. The SMILES string of the molecule is CCN1C(=O)N(c2c(F)cc(NCCNC)cc2F)c2cc(C#N)cc(C)c2-c2cc(F)cnc21. The van der Waals surface area contributed by atoms with Crippen molar-refractivity contribution in [3.8, 4) is 17.2 Å². The average molecular weight is 480 g/mol. The molecule has 0 bridgehead atoms. The topological polar surface area (TPSA) is 84.3 Å². The van der Waals surface area contributed by atoms with Gasteiger partial charge in [-0.3, -0.25) is 9.80 Å². The van der Waals surface area contributed by atoms with Gasteiger partial charge in [-0.05, 0) is 56.8 Å². The lowest BCUT2D eigenvalue weighted by Crippen LogP contribution is -2.41. The summed E-state index contributed by atoms with van der Waals surface area (Å²) in [4.78, 5) is 20.0. The maximum Gasteiger partial charge on any atom is 0.334 e. The monoisotopic (exact) mass is 480 g/mol. The summed E-state index contributed by atoms with van der Waals surface area (Å²) in [6.45, 7) is 4.47. The molecule has 0 radical (unpaired) electrons.